The average Bonchev–Trinajstić information content (AvgIpc) is 2.33. The van der Waals surface area contributed by atoms with Gasteiger partial charge in [0.05, 0.1) is 0 Å². The molecule has 18 heavy (non-hydrogen) atoms. The van der Waals surface area contributed by atoms with E-state index in [1.807, 2.05) is 0 Å². The van der Waals surface area contributed by atoms with Gasteiger partial charge in [-0.25, -0.2) is 0 Å². The van der Waals surface area contributed by atoms with E-state index in [1.54, 1.807) is 8.87 Å². The molecule has 0 aromatic carbocycles. The van der Waals surface area contributed by atoms with Gasteiger partial charge < -0.3 is 0 Å². The number of hydrogen-bond acceptors (Lipinski definition) is 2. The molecule has 1 aliphatic carbocycles. The van der Waals surface area contributed by atoms with E-state index in [-0.39, 0.29) is 0 Å². The van der Waals surface area contributed by atoms with Crippen LogP contribution in [-0.4, -0.2) is 57.0 Å². The molecule has 3 fully saturated rings. The van der Waals surface area contributed by atoms with Crippen molar-refractivity contribution in [3.8, 4) is 0 Å². The van der Waals surface area contributed by atoms with Crippen molar-refractivity contribution in [3.63, 3.8) is 0 Å². The summed E-state index contributed by atoms with van der Waals surface area (Å²) in [4.78, 5) is 5.03. The van der Waals surface area contributed by atoms with Crippen LogP contribution in [0.2, 0.25) is 13.8 Å². The Labute approximate surface area is 119 Å². The first-order chi connectivity index (χ1) is 8.65. The Morgan fingerprint density at radius 2 is 1.56 bits per heavy atom. The summed E-state index contributed by atoms with van der Waals surface area (Å²) in [5.41, 5.74) is 0.843. The van der Waals surface area contributed by atoms with Crippen LogP contribution < -0.4 is 0 Å². The summed E-state index contributed by atoms with van der Waals surface area (Å²) in [6, 6.07) is 0. The summed E-state index contributed by atoms with van der Waals surface area (Å²) >= 11 is -0.726. The van der Waals surface area contributed by atoms with Gasteiger partial charge >= 0.3 is 119 Å². The molecule has 0 atom stereocenters. The van der Waals surface area contributed by atoms with Crippen molar-refractivity contribution in [1.82, 2.24) is 4.90 Å². The fourth-order valence-electron chi connectivity index (χ4n) is 4.32. The van der Waals surface area contributed by atoms with Crippen molar-refractivity contribution >= 4 is 19.8 Å². The molecule has 0 unspecified atom stereocenters. The molecule has 0 bridgehead atoms. The first-order valence-corrected chi connectivity index (χ1v) is 14.7. The van der Waals surface area contributed by atoms with E-state index >= 15 is 0 Å². The van der Waals surface area contributed by atoms with Crippen LogP contribution in [0.3, 0.4) is 0 Å². The molecule has 2 nitrogen and oxygen atoms in total. The summed E-state index contributed by atoms with van der Waals surface area (Å²) in [6.45, 7) is 2.46. The van der Waals surface area contributed by atoms with Gasteiger partial charge in [-0.1, -0.05) is 0 Å². The third-order valence-electron chi connectivity index (χ3n) is 5.40. The molecule has 2 saturated heterocycles. The Kier molecular flexibility index (Phi) is 4.27. The van der Waals surface area contributed by atoms with E-state index in [9.17, 15) is 0 Å². The van der Waals surface area contributed by atoms with Crippen molar-refractivity contribution in [2.24, 2.45) is 5.41 Å². The third kappa shape index (κ3) is 3.06. The van der Waals surface area contributed by atoms with E-state index in [2.05, 4.69) is 16.9 Å². The second-order valence-corrected chi connectivity index (χ2v) is 14.6. The standard InChI is InChI=1S/C14H25NO.CH3.Sn/c1-14(2)8-4-12(5-9-14)16-13-6-10-15(3)11-7-13;;/h12-13H,1-2,4-11H2,3H3;1H3;. The fraction of sp³-hybridized carbons (Fsp3) is 1.00. The van der Waals surface area contributed by atoms with Crippen LogP contribution in [0.4, 0.5) is 0 Å². The van der Waals surface area contributed by atoms with Gasteiger partial charge in [-0.15, -0.1) is 0 Å². The Bertz CT molecular complexity index is 272. The molecule has 3 rings (SSSR count). The normalized spacial score (nSPS) is 31.7. The van der Waals surface area contributed by atoms with E-state index in [0.29, 0.717) is 12.2 Å². The van der Waals surface area contributed by atoms with Crippen LogP contribution in [0, 0.1) is 5.41 Å². The van der Waals surface area contributed by atoms with Crippen LogP contribution in [0.15, 0.2) is 0 Å². The SMILES string of the molecule is CN1CCC(OC2CCC3(CC2)[CH2][Sn]([CH3])[CH2]3)CC1. The fourth-order valence-corrected chi connectivity index (χ4v) is 13.3. The Hall–Kier alpha value is 0.719. The molecule has 1 spiro atoms. The van der Waals surface area contributed by atoms with E-state index < -0.39 is 19.8 Å². The summed E-state index contributed by atoms with van der Waals surface area (Å²) in [6.07, 6.45) is 9.39. The number of rotatable bonds is 2. The van der Waals surface area contributed by atoms with Gasteiger partial charge in [-0.3, -0.25) is 0 Å². The maximum absolute atomic E-state index is 6.36. The Morgan fingerprint density at radius 1 is 1.00 bits per heavy atom. The number of likely N-dealkylation sites (tertiary alicyclic amines) is 1. The molecule has 3 heteroatoms. The van der Waals surface area contributed by atoms with E-state index in [1.165, 1.54) is 51.6 Å². The summed E-state index contributed by atoms with van der Waals surface area (Å²) in [5.74, 6) is 0. The monoisotopic (exact) mass is 358 g/mol. The first-order valence-electron chi connectivity index (χ1n) is 7.81. The zero-order valence-electron chi connectivity index (χ0n) is 12.1. The predicted molar refractivity (Wildman–Crippen MR) is 77.5 cm³/mol. The first kappa shape index (κ1) is 13.7. The quantitative estimate of drug-likeness (QED) is 0.704. The average molecular weight is 357 g/mol. The molecule has 0 amide bonds. The topological polar surface area (TPSA) is 12.5 Å². The van der Waals surface area contributed by atoms with Crippen LogP contribution in [0.1, 0.15) is 38.5 Å². The van der Waals surface area contributed by atoms with Gasteiger partial charge in [-0.2, -0.15) is 0 Å². The summed E-state index contributed by atoms with van der Waals surface area (Å²) in [5, 5.41) is 0. The predicted octanol–water partition coefficient (Wildman–Crippen LogP) is 3.16. The third-order valence-corrected chi connectivity index (χ3v) is 13.1. The number of hydrogen-bond donors (Lipinski definition) is 0. The summed E-state index contributed by atoms with van der Waals surface area (Å²) < 4.78 is 9.74. The van der Waals surface area contributed by atoms with Crippen LogP contribution in [-0.2, 0) is 4.74 Å². The van der Waals surface area contributed by atoms with Gasteiger partial charge in [-0.05, 0) is 0 Å². The number of nitrogens with zero attached hydrogens (tertiary/aromatic N) is 1. The minimum absolute atomic E-state index is 0.568. The van der Waals surface area contributed by atoms with Gasteiger partial charge in [0, 0.05) is 0 Å². The van der Waals surface area contributed by atoms with Crippen LogP contribution >= 0.6 is 0 Å². The molecule has 3 aliphatic rings. The zero-order valence-corrected chi connectivity index (χ0v) is 14.9. The van der Waals surface area contributed by atoms with Crippen LogP contribution in [0.25, 0.3) is 0 Å². The molecule has 103 valence electrons. The van der Waals surface area contributed by atoms with Gasteiger partial charge in [0.15, 0.2) is 0 Å². The van der Waals surface area contributed by atoms with Crippen molar-refractivity contribution in [2.75, 3.05) is 20.1 Å². The Morgan fingerprint density at radius 3 is 2.11 bits per heavy atom. The second-order valence-electron chi connectivity index (χ2n) is 7.15. The summed E-state index contributed by atoms with van der Waals surface area (Å²) in [7, 11) is 2.23. The van der Waals surface area contributed by atoms with E-state index in [0.717, 1.165) is 5.41 Å². The molecule has 2 heterocycles. The molecule has 2 aliphatic heterocycles. The van der Waals surface area contributed by atoms with Crippen molar-refractivity contribution in [1.29, 1.82) is 0 Å². The van der Waals surface area contributed by atoms with Gasteiger partial charge in [0.1, 0.15) is 0 Å². The van der Waals surface area contributed by atoms with Crippen molar-refractivity contribution < 1.29 is 4.74 Å². The minimum atomic E-state index is -0.726. The van der Waals surface area contributed by atoms with Gasteiger partial charge in [0.25, 0.3) is 0 Å². The maximum atomic E-state index is 6.36. The molecular formula is C15H28NOSn. The molecule has 0 aromatic heterocycles. The van der Waals surface area contributed by atoms with E-state index in [4.69, 9.17) is 4.74 Å². The zero-order chi connectivity index (χ0) is 12.6. The molecular weight excluding hydrogens is 329 g/mol. The Balaban J connectivity index is 1.40. The van der Waals surface area contributed by atoms with Crippen molar-refractivity contribution in [2.45, 2.75) is 64.5 Å². The number of piperidine rings is 1. The second kappa shape index (κ2) is 5.61. The van der Waals surface area contributed by atoms with Gasteiger partial charge in [0.2, 0.25) is 0 Å². The molecule has 1 radical (unpaired) electrons. The van der Waals surface area contributed by atoms with Crippen molar-refractivity contribution in [3.05, 3.63) is 0 Å². The molecule has 0 aromatic rings. The number of ether oxygens (including phenoxy) is 1. The van der Waals surface area contributed by atoms with Crippen LogP contribution in [0.5, 0.6) is 0 Å². The molecule has 1 saturated carbocycles. The molecule has 0 N–H and O–H groups in total.